The maximum absolute atomic E-state index is 12.5. The highest BCUT2D eigenvalue weighted by molar-refractivity contribution is 6.16. The van der Waals surface area contributed by atoms with Crippen LogP contribution in [0.4, 0.5) is 0 Å². The van der Waals surface area contributed by atoms with Crippen LogP contribution in [0, 0.1) is 22.7 Å². The Kier molecular flexibility index (Phi) is 3.25. The molecule has 4 rings (SSSR count). The summed E-state index contributed by atoms with van der Waals surface area (Å²) in [5, 5.41) is 18.6. The first-order chi connectivity index (χ1) is 12.1. The molecule has 0 amide bonds. The number of benzene rings is 2. The molecule has 6 heteroatoms. The number of nitriles is 1. The summed E-state index contributed by atoms with van der Waals surface area (Å²) >= 11 is 0. The molecule has 0 spiro atoms. The van der Waals surface area contributed by atoms with Gasteiger partial charge in [-0.2, -0.15) is 5.26 Å². The molecule has 0 aromatic heterocycles. The Morgan fingerprint density at radius 3 is 2.80 bits per heavy atom. The Morgan fingerprint density at radius 2 is 2.04 bits per heavy atom. The van der Waals surface area contributed by atoms with Gasteiger partial charge in [-0.1, -0.05) is 30.3 Å². The Morgan fingerprint density at radius 1 is 1.28 bits per heavy atom. The third-order valence-corrected chi connectivity index (χ3v) is 4.80. The normalized spacial score (nSPS) is 23.0. The van der Waals surface area contributed by atoms with E-state index < -0.39 is 17.3 Å². The predicted molar refractivity (Wildman–Crippen MR) is 87.7 cm³/mol. The molecule has 2 atom stereocenters. The molecule has 2 aromatic rings. The quantitative estimate of drug-likeness (QED) is 0.851. The number of hydrogen-bond donors (Lipinski definition) is 1. The summed E-state index contributed by atoms with van der Waals surface area (Å²) in [5.74, 6) is -0.542. The van der Waals surface area contributed by atoms with Crippen molar-refractivity contribution in [2.45, 2.75) is 5.41 Å². The Hall–Kier alpha value is -3.33. The van der Waals surface area contributed by atoms with Crippen LogP contribution in [0.5, 0.6) is 11.5 Å². The molecule has 0 saturated heterocycles. The summed E-state index contributed by atoms with van der Waals surface area (Å²) in [6.45, 7) is 0.116. The minimum absolute atomic E-state index is 0.0849. The average molecular weight is 334 g/mol. The van der Waals surface area contributed by atoms with Crippen LogP contribution in [0.1, 0.15) is 16.7 Å². The van der Waals surface area contributed by atoms with Crippen LogP contribution < -0.4 is 9.47 Å². The number of esters is 1. The number of nitrogens with one attached hydrogen (secondary N) is 1. The van der Waals surface area contributed by atoms with Gasteiger partial charge in [0, 0.05) is 5.56 Å². The molecule has 6 nitrogen and oxygen atoms in total. The van der Waals surface area contributed by atoms with Crippen molar-refractivity contribution < 1.29 is 19.0 Å². The summed E-state index contributed by atoms with van der Waals surface area (Å²) in [7, 11) is 1.26. The fraction of sp³-hybridized carbons (Fsp3) is 0.211. The lowest BCUT2D eigenvalue weighted by Crippen LogP contribution is -2.39. The lowest BCUT2D eigenvalue weighted by molar-refractivity contribution is -0.143. The number of nitrogens with zero attached hydrogens (tertiary/aromatic N) is 1. The van der Waals surface area contributed by atoms with E-state index in [1.54, 1.807) is 42.5 Å². The van der Waals surface area contributed by atoms with Gasteiger partial charge < -0.3 is 19.6 Å². The molecular formula is C19H14N2O4. The van der Waals surface area contributed by atoms with Crippen LogP contribution >= 0.6 is 0 Å². The molecule has 2 aromatic carbocycles. The molecule has 0 bridgehead atoms. The SMILES string of the molecule is COC(=O)C1C(=N)c2ccccc2C1(C#N)c1ccc2c(c1)OCO2. The summed E-state index contributed by atoms with van der Waals surface area (Å²) in [5.41, 5.74) is 0.516. The van der Waals surface area contributed by atoms with Gasteiger partial charge in [0.1, 0.15) is 11.3 Å². The standard InChI is InChI=1S/C19H14N2O4/c1-23-18(22)16-17(21)12-4-2-3-5-13(12)19(16,9-20)11-6-7-14-15(8-11)25-10-24-14/h2-8,16,21H,10H2,1H3. The topological polar surface area (TPSA) is 92.4 Å². The molecule has 2 unspecified atom stereocenters. The average Bonchev–Trinajstić information content (AvgIpc) is 3.22. The van der Waals surface area contributed by atoms with Crippen molar-refractivity contribution in [3.8, 4) is 17.6 Å². The van der Waals surface area contributed by atoms with Gasteiger partial charge in [0.25, 0.3) is 0 Å². The molecule has 1 N–H and O–H groups in total. The van der Waals surface area contributed by atoms with Crippen molar-refractivity contribution in [1.29, 1.82) is 10.7 Å². The maximum atomic E-state index is 12.5. The van der Waals surface area contributed by atoms with E-state index >= 15 is 0 Å². The zero-order valence-corrected chi connectivity index (χ0v) is 13.4. The van der Waals surface area contributed by atoms with Gasteiger partial charge in [0.2, 0.25) is 6.79 Å². The van der Waals surface area contributed by atoms with Crippen LogP contribution in [-0.4, -0.2) is 25.6 Å². The van der Waals surface area contributed by atoms with E-state index in [-0.39, 0.29) is 12.5 Å². The molecule has 124 valence electrons. The fourth-order valence-corrected chi connectivity index (χ4v) is 3.66. The highest BCUT2D eigenvalue weighted by Crippen LogP contribution is 2.50. The van der Waals surface area contributed by atoms with Crippen LogP contribution in [0.2, 0.25) is 0 Å². The van der Waals surface area contributed by atoms with Gasteiger partial charge in [0.15, 0.2) is 11.5 Å². The monoisotopic (exact) mass is 334 g/mol. The van der Waals surface area contributed by atoms with Crippen LogP contribution in [0.3, 0.4) is 0 Å². The summed E-state index contributed by atoms with van der Waals surface area (Å²) in [6.07, 6.45) is 0. The summed E-state index contributed by atoms with van der Waals surface area (Å²) in [6, 6.07) is 14.6. The highest BCUT2D eigenvalue weighted by atomic mass is 16.7. The zero-order chi connectivity index (χ0) is 17.6. The molecule has 1 aliphatic carbocycles. The van der Waals surface area contributed by atoms with E-state index in [0.29, 0.717) is 28.2 Å². The van der Waals surface area contributed by atoms with Gasteiger partial charge in [-0.3, -0.25) is 4.79 Å². The number of rotatable bonds is 2. The van der Waals surface area contributed by atoms with Gasteiger partial charge in [-0.05, 0) is 23.3 Å². The van der Waals surface area contributed by atoms with Gasteiger partial charge in [-0.15, -0.1) is 0 Å². The molecule has 0 fully saturated rings. The minimum Gasteiger partial charge on any atom is -0.468 e. The fourth-order valence-electron chi connectivity index (χ4n) is 3.66. The smallest absolute Gasteiger partial charge is 0.317 e. The Labute approximate surface area is 144 Å². The predicted octanol–water partition coefficient (Wildman–Crippen LogP) is 2.40. The Bertz CT molecular complexity index is 947. The van der Waals surface area contributed by atoms with Gasteiger partial charge >= 0.3 is 5.97 Å². The zero-order valence-electron chi connectivity index (χ0n) is 13.4. The molecule has 1 heterocycles. The lowest BCUT2D eigenvalue weighted by atomic mass is 9.70. The summed E-state index contributed by atoms with van der Waals surface area (Å²) < 4.78 is 15.7. The number of ether oxygens (including phenoxy) is 3. The second kappa shape index (κ2) is 5.35. The van der Waals surface area contributed by atoms with Crippen molar-refractivity contribution in [3.63, 3.8) is 0 Å². The number of carbonyl (C=O) groups is 1. The first kappa shape index (κ1) is 15.2. The number of methoxy groups -OCH3 is 1. The second-order valence-corrected chi connectivity index (χ2v) is 5.90. The van der Waals surface area contributed by atoms with Gasteiger partial charge in [0.05, 0.1) is 18.9 Å². The largest absolute Gasteiger partial charge is 0.468 e. The molecule has 0 radical (unpaired) electrons. The first-order valence-corrected chi connectivity index (χ1v) is 7.71. The van der Waals surface area contributed by atoms with E-state index in [9.17, 15) is 10.1 Å². The molecular weight excluding hydrogens is 320 g/mol. The molecule has 25 heavy (non-hydrogen) atoms. The van der Waals surface area contributed by atoms with E-state index in [0.717, 1.165) is 0 Å². The number of fused-ring (bicyclic) bond motifs is 2. The van der Waals surface area contributed by atoms with E-state index in [4.69, 9.17) is 19.6 Å². The third-order valence-electron chi connectivity index (χ3n) is 4.80. The molecule has 2 aliphatic rings. The number of hydrogen-bond acceptors (Lipinski definition) is 6. The highest BCUT2D eigenvalue weighted by Gasteiger charge is 2.56. The van der Waals surface area contributed by atoms with Crippen molar-refractivity contribution in [2.75, 3.05) is 13.9 Å². The molecule has 0 saturated carbocycles. The van der Waals surface area contributed by atoms with Crippen molar-refractivity contribution in [2.24, 2.45) is 5.92 Å². The molecule has 1 aliphatic heterocycles. The number of carbonyl (C=O) groups excluding carboxylic acids is 1. The first-order valence-electron chi connectivity index (χ1n) is 7.71. The van der Waals surface area contributed by atoms with Crippen molar-refractivity contribution in [3.05, 3.63) is 59.2 Å². The second-order valence-electron chi connectivity index (χ2n) is 5.90. The van der Waals surface area contributed by atoms with E-state index in [1.807, 2.05) is 0 Å². The van der Waals surface area contributed by atoms with E-state index in [2.05, 4.69) is 6.07 Å². The van der Waals surface area contributed by atoms with Gasteiger partial charge in [-0.25, -0.2) is 0 Å². The Balaban J connectivity index is 2.01. The van der Waals surface area contributed by atoms with Crippen LogP contribution in [0.25, 0.3) is 0 Å². The third kappa shape index (κ3) is 1.89. The van der Waals surface area contributed by atoms with Crippen molar-refractivity contribution in [1.82, 2.24) is 0 Å². The van der Waals surface area contributed by atoms with Crippen molar-refractivity contribution >= 4 is 11.7 Å². The van der Waals surface area contributed by atoms with Crippen LogP contribution in [0.15, 0.2) is 42.5 Å². The van der Waals surface area contributed by atoms with Crippen LogP contribution in [-0.2, 0) is 14.9 Å². The maximum Gasteiger partial charge on any atom is 0.317 e. The lowest BCUT2D eigenvalue weighted by Gasteiger charge is -2.28. The minimum atomic E-state index is -1.35. The summed E-state index contributed by atoms with van der Waals surface area (Å²) in [4.78, 5) is 12.5. The van der Waals surface area contributed by atoms with E-state index in [1.165, 1.54) is 7.11 Å².